The van der Waals surface area contributed by atoms with Crippen molar-refractivity contribution < 1.29 is 0 Å². The van der Waals surface area contributed by atoms with E-state index in [1.807, 2.05) is 0 Å². The van der Waals surface area contributed by atoms with E-state index in [0.717, 1.165) is 22.5 Å². The lowest BCUT2D eigenvalue weighted by molar-refractivity contribution is 0.129. The molecule has 3 heteroatoms. The van der Waals surface area contributed by atoms with Crippen LogP contribution >= 0.6 is 11.3 Å². The van der Waals surface area contributed by atoms with Crippen molar-refractivity contribution >= 4 is 17.0 Å². The number of rotatable bonds is 2. The normalized spacial score (nSPS) is 30.2. The van der Waals surface area contributed by atoms with Crippen molar-refractivity contribution in [3.05, 3.63) is 70.0 Å². The number of fused-ring (bicyclic) bond motifs is 5. The molecular formula is C26H28N2S. The fraction of sp³-hybridized carbons (Fsp3) is 0.423. The standard InChI is InChI=1S/C26H28N2S/c1-16-27-24(15-29-16)19-11-13-23-22(14-19)21-12-10-17-8-5-9-20(17)25(21)26(28-23)18-6-3-2-4-7-18/h2-4,6-7,11,13-15,17,20-21,25-26,28H,5,8-10,12H2,1H3. The Balaban J connectivity index is 1.46. The van der Waals surface area contributed by atoms with Crippen LogP contribution < -0.4 is 5.32 Å². The molecule has 1 aliphatic heterocycles. The maximum atomic E-state index is 4.75. The van der Waals surface area contributed by atoms with Gasteiger partial charge in [0.05, 0.1) is 16.7 Å². The van der Waals surface area contributed by atoms with E-state index >= 15 is 0 Å². The van der Waals surface area contributed by atoms with Gasteiger partial charge in [-0.05, 0) is 73.1 Å². The first kappa shape index (κ1) is 17.7. The van der Waals surface area contributed by atoms with Gasteiger partial charge in [0.15, 0.2) is 0 Å². The minimum absolute atomic E-state index is 0.437. The second-order valence-corrected chi connectivity index (χ2v) is 10.3. The summed E-state index contributed by atoms with van der Waals surface area (Å²) in [6, 6.07) is 18.6. The number of thiazole rings is 1. The number of anilines is 1. The number of hydrogen-bond donors (Lipinski definition) is 1. The largest absolute Gasteiger partial charge is 0.378 e. The molecule has 0 saturated heterocycles. The Hall–Kier alpha value is -2.13. The minimum atomic E-state index is 0.437. The summed E-state index contributed by atoms with van der Waals surface area (Å²) in [5, 5.41) is 7.33. The van der Waals surface area contributed by atoms with Crippen molar-refractivity contribution in [2.75, 3.05) is 5.32 Å². The highest BCUT2D eigenvalue weighted by atomic mass is 32.1. The SMILES string of the molecule is Cc1nc(-c2ccc3c(c2)C2CCC4CCCC4C2C(c2ccccc2)N3)cs1. The van der Waals surface area contributed by atoms with Gasteiger partial charge in [0.2, 0.25) is 0 Å². The second-order valence-electron chi connectivity index (χ2n) is 9.20. The van der Waals surface area contributed by atoms with E-state index in [1.54, 1.807) is 11.3 Å². The lowest BCUT2D eigenvalue weighted by Gasteiger charge is -2.49. The van der Waals surface area contributed by atoms with Crippen molar-refractivity contribution in [1.82, 2.24) is 4.98 Å². The van der Waals surface area contributed by atoms with E-state index in [4.69, 9.17) is 4.98 Å². The zero-order valence-corrected chi connectivity index (χ0v) is 17.8. The molecule has 5 atom stereocenters. The van der Waals surface area contributed by atoms with Crippen LogP contribution in [0.3, 0.4) is 0 Å². The van der Waals surface area contributed by atoms with Gasteiger partial charge in [-0.15, -0.1) is 11.3 Å². The fourth-order valence-corrected chi connectivity index (χ4v) is 7.17. The molecule has 2 heterocycles. The molecule has 0 bridgehead atoms. The first-order valence-electron chi connectivity index (χ1n) is 11.2. The van der Waals surface area contributed by atoms with Crippen LogP contribution in [0.5, 0.6) is 0 Å². The number of aromatic nitrogens is 1. The van der Waals surface area contributed by atoms with Crippen LogP contribution in [0.4, 0.5) is 5.69 Å². The molecule has 0 amide bonds. The molecule has 0 spiro atoms. The van der Waals surface area contributed by atoms with Crippen LogP contribution in [0, 0.1) is 24.7 Å². The van der Waals surface area contributed by atoms with E-state index in [-0.39, 0.29) is 0 Å². The third-order valence-electron chi connectivity index (χ3n) is 7.75. The summed E-state index contributed by atoms with van der Waals surface area (Å²) < 4.78 is 0. The Morgan fingerprint density at radius 3 is 2.72 bits per heavy atom. The van der Waals surface area contributed by atoms with Crippen molar-refractivity contribution in [1.29, 1.82) is 0 Å². The van der Waals surface area contributed by atoms with Gasteiger partial charge in [0.25, 0.3) is 0 Å². The Labute approximate surface area is 177 Å². The number of hydrogen-bond acceptors (Lipinski definition) is 3. The average molecular weight is 401 g/mol. The van der Waals surface area contributed by atoms with Crippen LogP contribution in [0.1, 0.15) is 60.2 Å². The van der Waals surface area contributed by atoms with Gasteiger partial charge in [-0.25, -0.2) is 4.98 Å². The van der Waals surface area contributed by atoms with Crippen LogP contribution in [-0.2, 0) is 0 Å². The highest BCUT2D eigenvalue weighted by Gasteiger charge is 2.48. The Bertz CT molecular complexity index is 1020. The molecule has 2 nitrogen and oxygen atoms in total. The number of benzene rings is 2. The highest BCUT2D eigenvalue weighted by molar-refractivity contribution is 7.09. The van der Waals surface area contributed by atoms with Gasteiger partial charge in [-0.2, -0.15) is 0 Å². The summed E-state index contributed by atoms with van der Waals surface area (Å²) in [5.74, 6) is 3.18. The number of nitrogens with one attached hydrogen (secondary N) is 1. The quantitative estimate of drug-likeness (QED) is 0.492. The van der Waals surface area contributed by atoms with Crippen molar-refractivity contribution in [2.45, 2.75) is 51.0 Å². The second kappa shape index (κ2) is 6.98. The molecule has 5 unspecified atom stereocenters. The first-order chi connectivity index (χ1) is 14.3. The predicted molar refractivity (Wildman–Crippen MR) is 121 cm³/mol. The van der Waals surface area contributed by atoms with E-state index in [2.05, 4.69) is 66.2 Å². The minimum Gasteiger partial charge on any atom is -0.378 e. The fourth-order valence-electron chi connectivity index (χ4n) is 6.54. The lowest BCUT2D eigenvalue weighted by atomic mass is 9.60. The summed E-state index contributed by atoms with van der Waals surface area (Å²) in [6.07, 6.45) is 7.03. The number of nitrogens with zero attached hydrogens (tertiary/aromatic N) is 1. The average Bonchev–Trinajstić information content (AvgIpc) is 3.42. The Morgan fingerprint density at radius 2 is 1.90 bits per heavy atom. The molecule has 0 radical (unpaired) electrons. The molecule has 6 rings (SSSR count). The molecule has 3 aliphatic rings. The molecule has 1 N–H and O–H groups in total. The molecule has 2 saturated carbocycles. The topological polar surface area (TPSA) is 24.9 Å². The van der Waals surface area contributed by atoms with Crippen LogP contribution in [-0.4, -0.2) is 4.98 Å². The van der Waals surface area contributed by atoms with E-state index < -0.39 is 0 Å². The zero-order valence-electron chi connectivity index (χ0n) is 17.0. The van der Waals surface area contributed by atoms with Gasteiger partial charge in [-0.3, -0.25) is 0 Å². The molecule has 2 aromatic carbocycles. The van der Waals surface area contributed by atoms with Gasteiger partial charge in [-0.1, -0.05) is 49.2 Å². The summed E-state index contributed by atoms with van der Waals surface area (Å²) in [5.41, 5.74) is 6.75. The van der Waals surface area contributed by atoms with Crippen molar-refractivity contribution in [3.8, 4) is 11.3 Å². The maximum Gasteiger partial charge on any atom is 0.0901 e. The summed E-state index contributed by atoms with van der Waals surface area (Å²) in [4.78, 5) is 4.75. The third kappa shape index (κ3) is 2.93. The molecule has 1 aromatic heterocycles. The van der Waals surface area contributed by atoms with Crippen molar-refractivity contribution in [2.24, 2.45) is 17.8 Å². The molecule has 2 aliphatic carbocycles. The Kier molecular flexibility index (Phi) is 4.26. The molecular weight excluding hydrogens is 372 g/mol. The van der Waals surface area contributed by atoms with Gasteiger partial charge in [0.1, 0.15) is 0 Å². The lowest BCUT2D eigenvalue weighted by Crippen LogP contribution is -2.41. The molecule has 2 fully saturated rings. The summed E-state index contributed by atoms with van der Waals surface area (Å²) in [6.45, 7) is 2.09. The molecule has 29 heavy (non-hydrogen) atoms. The van der Waals surface area contributed by atoms with Gasteiger partial charge < -0.3 is 5.32 Å². The van der Waals surface area contributed by atoms with Gasteiger partial charge >= 0.3 is 0 Å². The monoisotopic (exact) mass is 400 g/mol. The molecule has 148 valence electrons. The van der Waals surface area contributed by atoms with E-state index in [0.29, 0.717) is 17.9 Å². The van der Waals surface area contributed by atoms with E-state index in [9.17, 15) is 0 Å². The third-order valence-corrected chi connectivity index (χ3v) is 8.52. The molecule has 3 aromatic rings. The van der Waals surface area contributed by atoms with E-state index in [1.165, 1.54) is 54.5 Å². The van der Waals surface area contributed by atoms with Crippen LogP contribution in [0.15, 0.2) is 53.9 Å². The summed E-state index contributed by atoms with van der Waals surface area (Å²) in [7, 11) is 0. The number of aryl methyl sites for hydroxylation is 1. The first-order valence-corrected chi connectivity index (χ1v) is 12.0. The smallest absolute Gasteiger partial charge is 0.0901 e. The maximum absolute atomic E-state index is 4.75. The Morgan fingerprint density at radius 1 is 1.00 bits per heavy atom. The van der Waals surface area contributed by atoms with Crippen molar-refractivity contribution in [3.63, 3.8) is 0 Å². The van der Waals surface area contributed by atoms with Crippen LogP contribution in [0.25, 0.3) is 11.3 Å². The summed E-state index contributed by atoms with van der Waals surface area (Å²) >= 11 is 1.74. The van der Waals surface area contributed by atoms with Gasteiger partial charge in [0, 0.05) is 16.6 Å². The predicted octanol–water partition coefficient (Wildman–Crippen LogP) is 7.20. The zero-order chi connectivity index (χ0) is 19.4. The highest BCUT2D eigenvalue weighted by Crippen LogP contribution is 2.59. The van der Waals surface area contributed by atoms with Crippen LogP contribution in [0.2, 0.25) is 0 Å².